The van der Waals surface area contributed by atoms with Crippen LogP contribution in [0.5, 0.6) is 0 Å². The van der Waals surface area contributed by atoms with Crippen molar-refractivity contribution in [3.63, 3.8) is 0 Å². The first-order valence-electron chi connectivity index (χ1n) is 9.04. The molecule has 3 aromatic rings. The van der Waals surface area contributed by atoms with Crippen molar-refractivity contribution in [1.82, 2.24) is 4.98 Å². The van der Waals surface area contributed by atoms with Gasteiger partial charge in [0.25, 0.3) is 5.56 Å². The molecule has 0 fully saturated rings. The number of nitrogens with two attached hydrogens (primary N) is 1. The fraction of sp³-hybridized carbons (Fsp3) is 0.0952. The van der Waals surface area contributed by atoms with Gasteiger partial charge in [-0.25, -0.2) is 9.59 Å². The van der Waals surface area contributed by atoms with Crippen molar-refractivity contribution < 1.29 is 46.1 Å². The van der Waals surface area contributed by atoms with E-state index in [9.17, 15) is 50.9 Å². The van der Waals surface area contributed by atoms with E-state index in [1.807, 2.05) is 4.98 Å². The van der Waals surface area contributed by atoms with Crippen molar-refractivity contribution in [2.45, 2.75) is 12.4 Å². The van der Waals surface area contributed by atoms with E-state index in [0.29, 0.717) is 12.1 Å². The highest BCUT2D eigenvalue weighted by Gasteiger charge is 2.37. The molecule has 7 nitrogen and oxygen atoms in total. The van der Waals surface area contributed by atoms with Crippen LogP contribution in [0.2, 0.25) is 0 Å². The lowest BCUT2D eigenvalue weighted by molar-refractivity contribution is -0.143. The van der Waals surface area contributed by atoms with Gasteiger partial charge in [0.2, 0.25) is 0 Å². The Balaban J connectivity index is 2.23. The number of alkyl halides is 6. The molecule has 1 aromatic heterocycles. The first kappa shape index (κ1) is 24.4. The maximum Gasteiger partial charge on any atom is 0.416 e. The van der Waals surface area contributed by atoms with Gasteiger partial charge < -0.3 is 20.9 Å². The number of hydrogen-bond donors (Lipinski definition) is 4. The molecule has 0 amide bonds. The summed E-state index contributed by atoms with van der Waals surface area (Å²) in [5.74, 6) is -4.10. The summed E-state index contributed by atoms with van der Waals surface area (Å²) in [4.78, 5) is 37.2. The van der Waals surface area contributed by atoms with Crippen molar-refractivity contribution >= 4 is 17.8 Å². The van der Waals surface area contributed by atoms with E-state index in [0.717, 1.165) is 24.3 Å². The van der Waals surface area contributed by atoms with E-state index >= 15 is 0 Å². The predicted molar refractivity (Wildman–Crippen MR) is 106 cm³/mol. The Kier molecular flexibility index (Phi) is 5.91. The Labute approximate surface area is 185 Å². The number of H-pyrrole nitrogens is 1. The second-order valence-corrected chi connectivity index (χ2v) is 6.98. The summed E-state index contributed by atoms with van der Waals surface area (Å²) in [5.41, 5.74) is -1.78. The largest absolute Gasteiger partial charge is 0.478 e. The maximum atomic E-state index is 13.1. The zero-order valence-corrected chi connectivity index (χ0v) is 16.5. The molecule has 0 bridgehead atoms. The number of aromatic carboxylic acids is 2. The summed E-state index contributed by atoms with van der Waals surface area (Å²) in [6.45, 7) is 0. The van der Waals surface area contributed by atoms with Gasteiger partial charge in [0.05, 0.1) is 11.1 Å². The number of aromatic nitrogens is 1. The van der Waals surface area contributed by atoms with Crippen LogP contribution in [0.3, 0.4) is 0 Å². The number of rotatable bonds is 4. The normalized spacial score (nSPS) is 11.9. The molecule has 0 saturated carbocycles. The van der Waals surface area contributed by atoms with Crippen LogP contribution in [-0.2, 0) is 12.4 Å². The molecule has 0 unspecified atom stereocenters. The Morgan fingerprint density at radius 1 is 0.735 bits per heavy atom. The number of nitrogen functional groups attached to an aromatic ring is 1. The molecule has 0 aliphatic carbocycles. The topological polar surface area (TPSA) is 133 Å². The average Bonchev–Trinajstić information content (AvgIpc) is 2.71. The van der Waals surface area contributed by atoms with Crippen LogP contribution in [0, 0.1) is 0 Å². The van der Waals surface area contributed by atoms with Gasteiger partial charge in [-0.15, -0.1) is 0 Å². The number of hydrogen-bond acceptors (Lipinski definition) is 4. The first-order chi connectivity index (χ1) is 15.6. The third kappa shape index (κ3) is 4.58. The summed E-state index contributed by atoms with van der Waals surface area (Å²) in [5, 5.41) is 18.8. The van der Waals surface area contributed by atoms with Crippen LogP contribution < -0.4 is 11.3 Å². The molecular formula is C21H12F6N2O5. The lowest BCUT2D eigenvalue weighted by Gasteiger charge is -2.15. The summed E-state index contributed by atoms with van der Waals surface area (Å²) in [7, 11) is 0. The highest BCUT2D eigenvalue weighted by atomic mass is 19.4. The maximum absolute atomic E-state index is 13.1. The fourth-order valence-corrected chi connectivity index (χ4v) is 3.29. The number of aromatic amines is 1. The number of carbonyl (C=O) groups is 2. The van der Waals surface area contributed by atoms with E-state index < -0.39 is 69.0 Å². The molecule has 0 saturated heterocycles. The lowest BCUT2D eigenvalue weighted by atomic mass is 9.93. The number of anilines is 1. The highest BCUT2D eigenvalue weighted by molar-refractivity contribution is 6.07. The Bertz CT molecular complexity index is 1330. The summed E-state index contributed by atoms with van der Waals surface area (Å²) < 4.78 is 78.8. The van der Waals surface area contributed by atoms with Crippen LogP contribution in [0.1, 0.15) is 31.8 Å². The van der Waals surface area contributed by atoms with Gasteiger partial charge >= 0.3 is 24.3 Å². The van der Waals surface area contributed by atoms with Gasteiger partial charge in [0, 0.05) is 5.56 Å². The average molecular weight is 486 g/mol. The van der Waals surface area contributed by atoms with Crippen LogP contribution in [0.4, 0.5) is 32.2 Å². The van der Waals surface area contributed by atoms with Crippen LogP contribution >= 0.6 is 0 Å². The summed E-state index contributed by atoms with van der Waals surface area (Å²) >= 11 is 0. The molecule has 0 radical (unpaired) electrons. The summed E-state index contributed by atoms with van der Waals surface area (Å²) in [6, 6.07) is 5.18. The van der Waals surface area contributed by atoms with Crippen molar-refractivity contribution in [2.75, 3.05) is 5.73 Å². The number of benzene rings is 2. The van der Waals surface area contributed by atoms with Gasteiger partial charge in [-0.2, -0.15) is 26.3 Å². The Morgan fingerprint density at radius 2 is 1.18 bits per heavy atom. The first-order valence-corrected chi connectivity index (χ1v) is 9.04. The molecule has 0 spiro atoms. The van der Waals surface area contributed by atoms with E-state index in [1.54, 1.807) is 0 Å². The minimum atomic E-state index is -5.06. The van der Waals surface area contributed by atoms with Gasteiger partial charge in [0.15, 0.2) is 0 Å². The molecule has 5 N–H and O–H groups in total. The van der Waals surface area contributed by atoms with Gasteiger partial charge in [-0.05, 0) is 34.9 Å². The van der Waals surface area contributed by atoms with E-state index in [-0.39, 0.29) is 17.2 Å². The van der Waals surface area contributed by atoms with Crippen molar-refractivity contribution in [2.24, 2.45) is 0 Å². The van der Waals surface area contributed by atoms with Crippen LogP contribution in [0.25, 0.3) is 22.3 Å². The van der Waals surface area contributed by atoms with Crippen LogP contribution in [0.15, 0.2) is 47.3 Å². The lowest BCUT2D eigenvalue weighted by Crippen LogP contribution is -2.24. The molecule has 34 heavy (non-hydrogen) atoms. The minimum Gasteiger partial charge on any atom is -0.478 e. The molecule has 0 aliphatic rings. The molecule has 2 aromatic carbocycles. The second kappa shape index (κ2) is 8.24. The third-order valence-corrected chi connectivity index (χ3v) is 4.77. The zero-order chi connectivity index (χ0) is 25.6. The van der Waals surface area contributed by atoms with Crippen molar-refractivity contribution in [3.05, 3.63) is 75.1 Å². The van der Waals surface area contributed by atoms with E-state index in [2.05, 4.69) is 0 Å². The molecule has 0 atom stereocenters. The van der Waals surface area contributed by atoms with Crippen molar-refractivity contribution in [1.29, 1.82) is 0 Å². The van der Waals surface area contributed by atoms with Crippen LogP contribution in [-0.4, -0.2) is 27.1 Å². The minimum absolute atomic E-state index is 0.0326. The zero-order valence-electron chi connectivity index (χ0n) is 16.5. The van der Waals surface area contributed by atoms with Gasteiger partial charge in [-0.1, -0.05) is 24.3 Å². The monoisotopic (exact) mass is 486 g/mol. The third-order valence-electron chi connectivity index (χ3n) is 4.77. The molecule has 178 valence electrons. The number of carboxylic acid groups (broad SMARTS) is 2. The number of nitrogens with one attached hydrogen (secondary N) is 1. The quantitative estimate of drug-likeness (QED) is 0.394. The smallest absolute Gasteiger partial charge is 0.416 e. The van der Waals surface area contributed by atoms with E-state index in [4.69, 9.17) is 5.73 Å². The fourth-order valence-electron chi connectivity index (χ4n) is 3.29. The number of pyridine rings is 1. The number of carboxylic acids is 2. The van der Waals surface area contributed by atoms with Crippen molar-refractivity contribution in [3.8, 4) is 22.3 Å². The van der Waals surface area contributed by atoms with E-state index in [1.165, 1.54) is 0 Å². The standard InChI is InChI=1S/C21H12F6N2O5/c22-20(23,24)11-5-10(6-12(7-11)21(25,26)27)8-1-3-9(4-2-8)13-14(18(31)32)16(28)29-17(30)15(13)19(33)34/h1-7H,(H,31,32)(H,33,34)(H3,28,29,30). The molecule has 3 rings (SSSR count). The Morgan fingerprint density at radius 3 is 1.59 bits per heavy atom. The highest BCUT2D eigenvalue weighted by Crippen LogP contribution is 2.39. The predicted octanol–water partition coefficient (Wildman–Crippen LogP) is 4.73. The molecular weight excluding hydrogens is 474 g/mol. The van der Waals surface area contributed by atoms with Gasteiger partial charge in [0.1, 0.15) is 16.9 Å². The Hall–Kier alpha value is -4.29. The van der Waals surface area contributed by atoms with Gasteiger partial charge in [-0.3, -0.25) is 4.79 Å². The SMILES string of the molecule is Nc1[nH]c(=O)c(C(=O)O)c(-c2ccc(-c3cc(C(F)(F)F)cc(C(F)(F)F)c3)cc2)c1C(=O)O. The number of halogens is 6. The molecule has 13 heteroatoms. The second-order valence-electron chi connectivity index (χ2n) is 6.98. The molecule has 0 aliphatic heterocycles. The molecule has 1 heterocycles. The summed E-state index contributed by atoms with van der Waals surface area (Å²) in [6.07, 6.45) is -10.1.